The van der Waals surface area contributed by atoms with E-state index in [-0.39, 0.29) is 40.9 Å². The third kappa shape index (κ3) is 1.20. The molecular formula is C18H14N2O2. The summed E-state index contributed by atoms with van der Waals surface area (Å²) in [5.41, 5.74) is 1.35. The van der Waals surface area contributed by atoms with Crippen LogP contribution < -0.4 is 4.90 Å². The van der Waals surface area contributed by atoms with Gasteiger partial charge in [-0.25, -0.2) is 0 Å². The molecule has 3 aliphatic carbocycles. The average molecular weight is 290 g/mol. The quantitative estimate of drug-likeness (QED) is 0.589. The summed E-state index contributed by atoms with van der Waals surface area (Å²) >= 11 is 0. The van der Waals surface area contributed by atoms with Crippen molar-refractivity contribution in [2.24, 2.45) is 29.1 Å². The van der Waals surface area contributed by atoms with Crippen LogP contribution >= 0.6 is 0 Å². The van der Waals surface area contributed by atoms with Gasteiger partial charge in [0.2, 0.25) is 11.8 Å². The third-order valence-corrected chi connectivity index (χ3v) is 6.11. The minimum absolute atomic E-state index is 0.0529. The normalized spacial score (nSPS) is 36.0. The Morgan fingerprint density at radius 2 is 1.55 bits per heavy atom. The Kier molecular flexibility index (Phi) is 2.03. The fourth-order valence-electron chi connectivity index (χ4n) is 5.02. The van der Waals surface area contributed by atoms with Gasteiger partial charge in [-0.1, -0.05) is 12.2 Å². The molecule has 0 radical (unpaired) electrons. The van der Waals surface area contributed by atoms with Gasteiger partial charge < -0.3 is 0 Å². The molecule has 2 unspecified atom stereocenters. The zero-order valence-corrected chi connectivity index (χ0v) is 11.9. The number of allylic oxidation sites excluding steroid dienone is 2. The summed E-state index contributed by atoms with van der Waals surface area (Å²) in [7, 11) is 0. The molecule has 1 aromatic rings. The van der Waals surface area contributed by atoms with Crippen molar-refractivity contribution in [2.45, 2.75) is 12.8 Å². The number of carbonyl (C=O) groups is 2. The lowest BCUT2D eigenvalue weighted by Crippen LogP contribution is -2.34. The predicted molar refractivity (Wildman–Crippen MR) is 78.4 cm³/mol. The molecule has 1 saturated heterocycles. The number of benzene rings is 1. The van der Waals surface area contributed by atoms with E-state index in [1.165, 1.54) is 4.90 Å². The van der Waals surface area contributed by atoms with Crippen molar-refractivity contribution in [3.05, 3.63) is 42.0 Å². The summed E-state index contributed by atoms with van der Waals surface area (Å²) in [5.74, 6) is 0.0663. The lowest BCUT2D eigenvalue weighted by atomic mass is 9.85. The van der Waals surface area contributed by atoms with Gasteiger partial charge >= 0.3 is 0 Å². The highest BCUT2D eigenvalue weighted by Crippen LogP contribution is 2.73. The van der Waals surface area contributed by atoms with E-state index >= 15 is 0 Å². The van der Waals surface area contributed by atoms with E-state index in [9.17, 15) is 9.59 Å². The zero-order valence-electron chi connectivity index (χ0n) is 11.9. The van der Waals surface area contributed by atoms with Crippen LogP contribution in [0.5, 0.6) is 0 Å². The SMILES string of the molecule is N#Cc1ccc(N2C(=O)[C@@H]3C4C=CC([C@@H]3C2=O)C42CC2)cc1. The minimum atomic E-state index is -0.166. The summed E-state index contributed by atoms with van der Waals surface area (Å²) in [6.45, 7) is 0. The summed E-state index contributed by atoms with van der Waals surface area (Å²) < 4.78 is 0. The monoisotopic (exact) mass is 290 g/mol. The van der Waals surface area contributed by atoms with Gasteiger partial charge in [0.05, 0.1) is 29.2 Å². The number of hydrogen-bond donors (Lipinski definition) is 0. The van der Waals surface area contributed by atoms with Crippen LogP contribution in [0.2, 0.25) is 0 Å². The first-order valence-electron chi connectivity index (χ1n) is 7.74. The second-order valence-corrected chi connectivity index (χ2v) is 6.89. The van der Waals surface area contributed by atoms with Crippen molar-refractivity contribution in [1.82, 2.24) is 0 Å². The summed E-state index contributed by atoms with van der Waals surface area (Å²) in [6.07, 6.45) is 6.65. The number of nitrogens with zero attached hydrogens (tertiary/aromatic N) is 2. The van der Waals surface area contributed by atoms with Gasteiger partial charge in [-0.05, 0) is 54.4 Å². The van der Waals surface area contributed by atoms with Crippen LogP contribution in [0, 0.1) is 40.4 Å². The Labute approximate surface area is 128 Å². The van der Waals surface area contributed by atoms with Crippen molar-refractivity contribution in [3.63, 3.8) is 0 Å². The Balaban J connectivity index is 1.55. The fraction of sp³-hybridized carbons (Fsp3) is 0.389. The van der Waals surface area contributed by atoms with Gasteiger partial charge in [-0.3, -0.25) is 14.5 Å². The van der Waals surface area contributed by atoms with Gasteiger partial charge in [0.15, 0.2) is 0 Å². The summed E-state index contributed by atoms with van der Waals surface area (Å²) in [6, 6.07) is 8.74. The average Bonchev–Trinajstić information content (AvgIpc) is 3.13. The van der Waals surface area contributed by atoms with Gasteiger partial charge in [0, 0.05) is 0 Å². The number of hydrogen-bond acceptors (Lipinski definition) is 3. The smallest absolute Gasteiger partial charge is 0.238 e. The van der Waals surface area contributed by atoms with E-state index in [1.54, 1.807) is 24.3 Å². The number of nitriles is 1. The molecule has 0 aromatic heterocycles. The van der Waals surface area contributed by atoms with E-state index in [0.29, 0.717) is 11.3 Å². The molecule has 4 atom stereocenters. The molecule has 2 saturated carbocycles. The summed E-state index contributed by atoms with van der Waals surface area (Å²) in [4.78, 5) is 27.1. The van der Waals surface area contributed by atoms with E-state index in [0.717, 1.165) is 12.8 Å². The highest BCUT2D eigenvalue weighted by Gasteiger charge is 2.73. The molecule has 2 amide bonds. The zero-order chi connectivity index (χ0) is 15.1. The largest absolute Gasteiger partial charge is 0.274 e. The van der Waals surface area contributed by atoms with Crippen LogP contribution in [-0.2, 0) is 9.59 Å². The number of carbonyl (C=O) groups excluding carboxylic acids is 2. The van der Waals surface area contributed by atoms with Crippen LogP contribution in [0.15, 0.2) is 36.4 Å². The topological polar surface area (TPSA) is 61.2 Å². The number of imide groups is 1. The molecule has 1 heterocycles. The third-order valence-electron chi connectivity index (χ3n) is 6.11. The predicted octanol–water partition coefficient (Wildman–Crippen LogP) is 2.26. The van der Waals surface area contributed by atoms with Gasteiger partial charge in [0.1, 0.15) is 0 Å². The van der Waals surface area contributed by atoms with E-state index in [2.05, 4.69) is 18.2 Å². The molecule has 5 rings (SSSR count). The molecular weight excluding hydrogens is 276 g/mol. The molecule has 2 bridgehead atoms. The van der Waals surface area contributed by atoms with Gasteiger partial charge in [0.25, 0.3) is 0 Å². The molecule has 108 valence electrons. The summed E-state index contributed by atoms with van der Waals surface area (Å²) in [5, 5.41) is 8.87. The number of rotatable bonds is 1. The molecule has 22 heavy (non-hydrogen) atoms. The van der Waals surface area contributed by atoms with Crippen molar-refractivity contribution in [3.8, 4) is 6.07 Å². The van der Waals surface area contributed by atoms with Gasteiger partial charge in [-0.2, -0.15) is 5.26 Å². The lowest BCUT2D eigenvalue weighted by Gasteiger charge is -2.21. The Morgan fingerprint density at radius 1 is 1.00 bits per heavy atom. The molecule has 4 heteroatoms. The maximum Gasteiger partial charge on any atom is 0.238 e. The Hall–Kier alpha value is -2.41. The van der Waals surface area contributed by atoms with E-state index in [1.807, 2.05) is 0 Å². The number of anilines is 1. The van der Waals surface area contributed by atoms with Gasteiger partial charge in [-0.15, -0.1) is 0 Å². The van der Waals surface area contributed by atoms with E-state index < -0.39 is 0 Å². The first-order chi connectivity index (χ1) is 10.7. The van der Waals surface area contributed by atoms with Crippen molar-refractivity contribution >= 4 is 17.5 Å². The highest BCUT2D eigenvalue weighted by atomic mass is 16.2. The molecule has 1 aliphatic heterocycles. The number of fused-ring (bicyclic) bond motifs is 3. The second-order valence-electron chi connectivity index (χ2n) is 6.89. The second kappa shape index (κ2) is 3.67. The Morgan fingerprint density at radius 3 is 2.00 bits per heavy atom. The van der Waals surface area contributed by atoms with Crippen molar-refractivity contribution < 1.29 is 9.59 Å². The van der Waals surface area contributed by atoms with Crippen LogP contribution in [0.4, 0.5) is 5.69 Å². The molecule has 3 fully saturated rings. The maximum absolute atomic E-state index is 12.9. The minimum Gasteiger partial charge on any atom is -0.274 e. The fourth-order valence-corrected chi connectivity index (χ4v) is 5.02. The first kappa shape index (κ1) is 12.2. The van der Waals surface area contributed by atoms with E-state index in [4.69, 9.17) is 5.26 Å². The van der Waals surface area contributed by atoms with Crippen LogP contribution in [-0.4, -0.2) is 11.8 Å². The molecule has 0 N–H and O–H groups in total. The molecule has 1 aromatic carbocycles. The van der Waals surface area contributed by atoms with Crippen molar-refractivity contribution in [1.29, 1.82) is 5.26 Å². The molecule has 1 spiro atoms. The Bertz CT molecular complexity index is 748. The maximum atomic E-state index is 12.9. The first-order valence-corrected chi connectivity index (χ1v) is 7.74. The lowest BCUT2D eigenvalue weighted by molar-refractivity contribution is -0.123. The van der Waals surface area contributed by atoms with Crippen molar-refractivity contribution in [2.75, 3.05) is 4.90 Å². The number of amides is 2. The molecule has 4 nitrogen and oxygen atoms in total. The standard InChI is InChI=1S/C18H14N2O2/c19-9-10-1-3-11(4-2-10)20-16(21)14-12-5-6-13(15(14)17(20)22)18(12)7-8-18/h1-6,12-15H,7-8H2/t12?,13?,14-,15+. The van der Waals surface area contributed by atoms with Crippen LogP contribution in [0.3, 0.4) is 0 Å². The van der Waals surface area contributed by atoms with Crippen LogP contribution in [0.25, 0.3) is 0 Å². The highest BCUT2D eigenvalue weighted by molar-refractivity contribution is 6.23. The molecule has 4 aliphatic rings. The van der Waals surface area contributed by atoms with Crippen LogP contribution in [0.1, 0.15) is 18.4 Å².